The van der Waals surface area contributed by atoms with Gasteiger partial charge >= 0.3 is 0 Å². The van der Waals surface area contributed by atoms with Gasteiger partial charge in [-0.3, -0.25) is 4.79 Å². The van der Waals surface area contributed by atoms with E-state index >= 15 is 0 Å². The molecule has 0 radical (unpaired) electrons. The summed E-state index contributed by atoms with van der Waals surface area (Å²) in [5.41, 5.74) is 0. The molecule has 12 N–H and O–H groups in total. The van der Waals surface area contributed by atoms with Crippen LogP contribution in [-0.4, -0.2) is 193 Å². The molecule has 100 heavy (non-hydrogen) atoms. The SMILES string of the molecule is CCCCCCCCCCCCCCCCCCCCCCCCCCCCCCCCCCCCCCCCCC(=O)NC(COC1OC(CO)C(OC2OC(CO)C(OC3OC(CO)C(O)C(O)C3O)C(O)C2O)C(O)C1O)C(O)CCCCCCCCCCCCCCCCCC. The van der Waals surface area contributed by atoms with Gasteiger partial charge in [-0.25, -0.2) is 0 Å². The van der Waals surface area contributed by atoms with E-state index in [1.807, 2.05) is 0 Å². The van der Waals surface area contributed by atoms with Crippen LogP contribution in [0.15, 0.2) is 0 Å². The highest BCUT2D eigenvalue weighted by Gasteiger charge is 2.54. The van der Waals surface area contributed by atoms with Gasteiger partial charge in [0.25, 0.3) is 0 Å². The number of hydrogen-bond acceptors (Lipinski definition) is 18. The van der Waals surface area contributed by atoms with Crippen LogP contribution in [0.4, 0.5) is 0 Å². The van der Waals surface area contributed by atoms with E-state index in [9.17, 15) is 61.0 Å². The number of carbonyl (C=O) groups is 1. The fourth-order valence-corrected chi connectivity index (χ4v) is 14.9. The van der Waals surface area contributed by atoms with Gasteiger partial charge < -0.3 is 89.9 Å². The highest BCUT2D eigenvalue weighted by atomic mass is 16.8. The summed E-state index contributed by atoms with van der Waals surface area (Å²) in [5, 5.41) is 121. The maximum absolute atomic E-state index is 13.5. The lowest BCUT2D eigenvalue weighted by Crippen LogP contribution is -2.66. The first kappa shape index (κ1) is 93.0. The second-order valence-electron chi connectivity index (χ2n) is 30.7. The number of ether oxygens (including phenoxy) is 6. The molecule has 0 aromatic heterocycles. The summed E-state index contributed by atoms with van der Waals surface area (Å²) in [6, 6.07) is -0.883. The van der Waals surface area contributed by atoms with Crippen LogP contribution >= 0.6 is 0 Å². The number of nitrogens with one attached hydrogen (secondary N) is 1. The molecule has 3 aliphatic rings. The molecule has 3 fully saturated rings. The van der Waals surface area contributed by atoms with Crippen LogP contribution in [0.1, 0.15) is 380 Å². The zero-order valence-corrected chi connectivity index (χ0v) is 63.7. The summed E-state index contributed by atoms with van der Waals surface area (Å²) in [6.45, 7) is 1.86. The van der Waals surface area contributed by atoms with Crippen molar-refractivity contribution >= 4 is 5.91 Å². The molecule has 0 saturated carbocycles. The van der Waals surface area contributed by atoms with E-state index in [1.54, 1.807) is 0 Å². The fraction of sp³-hybridized carbons (Fsp3) is 0.988. The molecular formula is C81H157NO18. The second-order valence-corrected chi connectivity index (χ2v) is 30.7. The molecule has 0 aromatic rings. The zero-order chi connectivity index (χ0) is 72.5. The summed E-state index contributed by atoms with van der Waals surface area (Å²) in [4.78, 5) is 13.5. The molecule has 17 atom stereocenters. The molecule has 3 aliphatic heterocycles. The number of amides is 1. The van der Waals surface area contributed by atoms with Crippen LogP contribution in [0.3, 0.4) is 0 Å². The van der Waals surface area contributed by atoms with Gasteiger partial charge in [0.1, 0.15) is 73.2 Å². The summed E-state index contributed by atoms with van der Waals surface area (Å²) in [5.74, 6) is -0.233. The largest absolute Gasteiger partial charge is 0.394 e. The first-order valence-corrected chi connectivity index (χ1v) is 42.3. The molecule has 3 heterocycles. The number of rotatable bonds is 69. The quantitative estimate of drug-likeness (QED) is 0.0252. The van der Waals surface area contributed by atoms with Crippen LogP contribution in [-0.2, 0) is 33.2 Å². The summed E-state index contributed by atoms with van der Waals surface area (Å²) < 4.78 is 34.5. The molecule has 19 nitrogen and oxygen atoms in total. The Balaban J connectivity index is 1.27. The average Bonchev–Trinajstić information content (AvgIpc) is 0.784. The Hall–Kier alpha value is -1.21. The third-order valence-corrected chi connectivity index (χ3v) is 21.7. The third-order valence-electron chi connectivity index (χ3n) is 21.7. The molecule has 3 rings (SSSR count). The van der Waals surface area contributed by atoms with Crippen LogP contribution in [0.25, 0.3) is 0 Å². The first-order chi connectivity index (χ1) is 48.8. The zero-order valence-electron chi connectivity index (χ0n) is 63.7. The van der Waals surface area contributed by atoms with Gasteiger partial charge in [0.15, 0.2) is 18.9 Å². The van der Waals surface area contributed by atoms with Crippen LogP contribution in [0.2, 0.25) is 0 Å². The van der Waals surface area contributed by atoms with Crippen LogP contribution < -0.4 is 5.32 Å². The van der Waals surface area contributed by atoms with Gasteiger partial charge in [0.05, 0.1) is 38.6 Å². The third kappa shape index (κ3) is 42.4. The lowest BCUT2D eigenvalue weighted by Gasteiger charge is -2.48. The van der Waals surface area contributed by atoms with Gasteiger partial charge in [0, 0.05) is 6.42 Å². The molecule has 0 aliphatic carbocycles. The molecule has 19 heteroatoms. The summed E-state index contributed by atoms with van der Waals surface area (Å²) >= 11 is 0. The van der Waals surface area contributed by atoms with E-state index in [4.69, 9.17) is 28.4 Å². The smallest absolute Gasteiger partial charge is 0.220 e. The number of unbranched alkanes of at least 4 members (excludes halogenated alkanes) is 53. The number of hydrogen-bond donors (Lipinski definition) is 12. The highest BCUT2D eigenvalue weighted by Crippen LogP contribution is 2.34. The predicted molar refractivity (Wildman–Crippen MR) is 397 cm³/mol. The van der Waals surface area contributed by atoms with E-state index in [0.717, 1.165) is 44.9 Å². The van der Waals surface area contributed by atoms with Gasteiger partial charge in [-0.05, 0) is 12.8 Å². The highest BCUT2D eigenvalue weighted by molar-refractivity contribution is 5.76. The number of aliphatic hydroxyl groups is 11. The second kappa shape index (κ2) is 62.8. The van der Waals surface area contributed by atoms with E-state index in [0.29, 0.717) is 12.8 Å². The lowest BCUT2D eigenvalue weighted by atomic mass is 9.96. The lowest BCUT2D eigenvalue weighted by molar-refractivity contribution is -0.379. The minimum absolute atomic E-state index is 0.233. The topological polar surface area (TPSA) is 307 Å². The Morgan fingerprint density at radius 2 is 0.570 bits per heavy atom. The van der Waals surface area contributed by atoms with E-state index in [2.05, 4.69) is 19.2 Å². The number of carbonyl (C=O) groups excluding carboxylic acids is 1. The molecule has 3 saturated heterocycles. The molecule has 0 bridgehead atoms. The average molecular weight is 1430 g/mol. The van der Waals surface area contributed by atoms with Crippen molar-refractivity contribution in [3.8, 4) is 0 Å². The molecule has 594 valence electrons. The van der Waals surface area contributed by atoms with Crippen molar-refractivity contribution in [3.63, 3.8) is 0 Å². The predicted octanol–water partition coefficient (Wildman–Crippen LogP) is 14.6. The summed E-state index contributed by atoms with van der Waals surface area (Å²) in [7, 11) is 0. The molecule has 0 spiro atoms. The van der Waals surface area contributed by atoms with Crippen LogP contribution in [0, 0.1) is 0 Å². The van der Waals surface area contributed by atoms with Gasteiger partial charge in [-0.15, -0.1) is 0 Å². The van der Waals surface area contributed by atoms with Crippen LogP contribution in [0.5, 0.6) is 0 Å². The van der Waals surface area contributed by atoms with Crippen molar-refractivity contribution in [2.75, 3.05) is 26.4 Å². The first-order valence-electron chi connectivity index (χ1n) is 42.3. The Bertz CT molecular complexity index is 1810. The fourth-order valence-electron chi connectivity index (χ4n) is 14.9. The molecule has 0 aromatic carbocycles. The van der Waals surface area contributed by atoms with Gasteiger partial charge in [-0.2, -0.15) is 0 Å². The molecule has 1 amide bonds. The maximum atomic E-state index is 13.5. The Morgan fingerprint density at radius 1 is 0.320 bits per heavy atom. The van der Waals surface area contributed by atoms with Crippen molar-refractivity contribution in [2.24, 2.45) is 0 Å². The minimum Gasteiger partial charge on any atom is -0.394 e. The molecule has 17 unspecified atom stereocenters. The molecular weight excluding hydrogens is 1270 g/mol. The Labute approximate surface area is 608 Å². The maximum Gasteiger partial charge on any atom is 0.220 e. The van der Waals surface area contributed by atoms with Crippen molar-refractivity contribution in [1.29, 1.82) is 0 Å². The van der Waals surface area contributed by atoms with Crippen molar-refractivity contribution < 1.29 is 89.4 Å². The van der Waals surface area contributed by atoms with E-state index < -0.39 is 124 Å². The number of aliphatic hydroxyl groups excluding tert-OH is 11. The Morgan fingerprint density at radius 3 is 0.870 bits per heavy atom. The van der Waals surface area contributed by atoms with E-state index in [1.165, 1.54) is 302 Å². The summed E-state index contributed by atoms with van der Waals surface area (Å²) in [6.07, 6.45) is 46.6. The van der Waals surface area contributed by atoms with Crippen molar-refractivity contribution in [1.82, 2.24) is 5.32 Å². The normalized spacial score (nSPS) is 26.4. The van der Waals surface area contributed by atoms with Gasteiger partial charge in [-0.1, -0.05) is 361 Å². The van der Waals surface area contributed by atoms with Crippen molar-refractivity contribution in [2.45, 2.75) is 484 Å². The standard InChI is InChI=1S/C81H157NO18/c1-3-5-7-9-11-13-15-17-19-21-22-23-24-25-26-27-28-29-30-31-32-33-34-35-36-37-38-39-40-41-42-43-45-47-49-51-53-55-57-59-69(87)82-64(65(86)58-56-54-52-50-48-46-44-20-18-16-14-12-10-8-6-4-2)63-95-79-75(93)72(90)77(67(61-84)97-79)100-81-76(94)73(91)78(68(62-85)98-81)99-80-74(92)71(89)70(88)66(60-83)96-80/h64-68,70-81,83-86,88-94H,3-63H2,1-2H3,(H,82,87). The van der Waals surface area contributed by atoms with Crippen molar-refractivity contribution in [3.05, 3.63) is 0 Å². The minimum atomic E-state index is -1.97. The van der Waals surface area contributed by atoms with Gasteiger partial charge in [0.2, 0.25) is 5.91 Å². The Kier molecular flexibility index (Phi) is 58.4. The monoisotopic (exact) mass is 1430 g/mol. The van der Waals surface area contributed by atoms with E-state index in [-0.39, 0.29) is 18.9 Å².